The quantitative estimate of drug-likeness (QED) is 0.605. The second-order valence-corrected chi connectivity index (χ2v) is 5.46. The van der Waals surface area contributed by atoms with Crippen LogP contribution in [0.2, 0.25) is 0 Å². The number of carbonyl (C=O) groups is 1. The average Bonchev–Trinajstić information content (AvgIpc) is 2.98. The molecule has 0 aliphatic carbocycles. The van der Waals surface area contributed by atoms with Crippen LogP contribution < -0.4 is 4.74 Å². The first kappa shape index (κ1) is 15.9. The van der Waals surface area contributed by atoms with E-state index in [0.29, 0.717) is 0 Å². The fourth-order valence-corrected chi connectivity index (χ4v) is 2.50. The van der Waals surface area contributed by atoms with Crippen LogP contribution in [0.4, 0.5) is 9.39 Å². The monoisotopic (exact) mass is 324 g/mol. The molecule has 1 heterocycles. The van der Waals surface area contributed by atoms with Gasteiger partial charge < -0.3 is 9.64 Å². The Bertz CT molecular complexity index is 689. The molecule has 0 aliphatic rings. The van der Waals surface area contributed by atoms with E-state index in [1.54, 1.807) is 19.2 Å². The first-order valence-corrected chi connectivity index (χ1v) is 7.17. The molecule has 0 atom stereocenters. The molecule has 116 valence electrons. The van der Waals surface area contributed by atoms with Gasteiger partial charge in [-0.3, -0.25) is 14.9 Å². The van der Waals surface area contributed by atoms with E-state index in [4.69, 9.17) is 4.74 Å². The number of thiophene rings is 1. The van der Waals surface area contributed by atoms with Crippen LogP contribution in [-0.4, -0.2) is 35.9 Å². The summed E-state index contributed by atoms with van der Waals surface area (Å²) in [5.74, 6) is -0.685. The number of ether oxygens (including phenoxy) is 1. The third kappa shape index (κ3) is 3.79. The Kier molecular flexibility index (Phi) is 5.05. The number of benzene rings is 1. The van der Waals surface area contributed by atoms with Crippen LogP contribution in [0.25, 0.3) is 0 Å². The lowest BCUT2D eigenvalue weighted by atomic mass is 10.3. The lowest BCUT2D eigenvalue weighted by Crippen LogP contribution is -2.30. The highest BCUT2D eigenvalue weighted by atomic mass is 32.1. The SMILES string of the molecule is CN(CCOc1ccccc1F)C(=O)c1ccc([N+](=O)[O-])s1. The van der Waals surface area contributed by atoms with Crippen LogP contribution >= 0.6 is 11.3 Å². The van der Waals surface area contributed by atoms with E-state index in [-0.39, 0.29) is 34.7 Å². The van der Waals surface area contributed by atoms with Gasteiger partial charge in [0.05, 0.1) is 16.3 Å². The zero-order chi connectivity index (χ0) is 16.1. The molecule has 2 rings (SSSR count). The number of hydrogen-bond acceptors (Lipinski definition) is 5. The third-order valence-corrected chi connectivity index (χ3v) is 3.88. The van der Waals surface area contributed by atoms with Gasteiger partial charge in [0.2, 0.25) is 0 Å². The molecule has 2 aromatic rings. The van der Waals surface area contributed by atoms with Crippen molar-refractivity contribution in [1.82, 2.24) is 4.90 Å². The normalized spacial score (nSPS) is 10.3. The number of nitro groups is 1. The highest BCUT2D eigenvalue weighted by Gasteiger charge is 2.18. The maximum absolute atomic E-state index is 13.3. The Hall–Kier alpha value is -2.48. The Morgan fingerprint density at radius 2 is 2.09 bits per heavy atom. The summed E-state index contributed by atoms with van der Waals surface area (Å²) in [6.07, 6.45) is 0. The Morgan fingerprint density at radius 1 is 1.36 bits per heavy atom. The number of para-hydroxylation sites is 1. The first-order valence-electron chi connectivity index (χ1n) is 6.36. The molecule has 0 bridgehead atoms. The van der Waals surface area contributed by atoms with Crippen molar-refractivity contribution in [3.05, 3.63) is 57.2 Å². The zero-order valence-corrected chi connectivity index (χ0v) is 12.5. The van der Waals surface area contributed by atoms with Crippen molar-refractivity contribution in [3.8, 4) is 5.75 Å². The molecule has 0 radical (unpaired) electrons. The Balaban J connectivity index is 1.88. The predicted octanol–water partition coefficient (Wildman–Crippen LogP) is 2.95. The molecule has 1 aromatic heterocycles. The van der Waals surface area contributed by atoms with Crippen LogP contribution in [0.3, 0.4) is 0 Å². The van der Waals surface area contributed by atoms with Gasteiger partial charge in [0.25, 0.3) is 5.91 Å². The molecule has 0 fully saturated rings. The van der Waals surface area contributed by atoms with Crippen molar-refractivity contribution in [2.45, 2.75) is 0 Å². The molecule has 0 N–H and O–H groups in total. The van der Waals surface area contributed by atoms with Gasteiger partial charge in [-0.15, -0.1) is 0 Å². The number of rotatable bonds is 6. The largest absolute Gasteiger partial charge is 0.489 e. The van der Waals surface area contributed by atoms with Gasteiger partial charge >= 0.3 is 5.00 Å². The van der Waals surface area contributed by atoms with Gasteiger partial charge in [-0.1, -0.05) is 23.5 Å². The molecule has 0 unspecified atom stereocenters. The first-order chi connectivity index (χ1) is 10.5. The van der Waals surface area contributed by atoms with Crippen LogP contribution in [0.15, 0.2) is 36.4 Å². The minimum absolute atomic E-state index is 0.0839. The van der Waals surface area contributed by atoms with Crippen molar-refractivity contribution >= 4 is 22.2 Å². The summed E-state index contributed by atoms with van der Waals surface area (Å²) >= 11 is 0.819. The number of carbonyl (C=O) groups excluding carboxylic acids is 1. The van der Waals surface area contributed by atoms with E-state index < -0.39 is 10.7 Å². The summed E-state index contributed by atoms with van der Waals surface area (Å²) in [6.45, 7) is 0.357. The molecular formula is C14H13FN2O4S. The standard InChI is InChI=1S/C14H13FN2O4S/c1-16(8-9-21-11-5-3-2-4-10(11)15)14(18)12-6-7-13(22-12)17(19)20/h2-7H,8-9H2,1H3. The highest BCUT2D eigenvalue weighted by molar-refractivity contribution is 7.17. The molecule has 8 heteroatoms. The molecular weight excluding hydrogens is 311 g/mol. The molecule has 0 aliphatic heterocycles. The van der Waals surface area contributed by atoms with E-state index in [1.165, 1.54) is 29.2 Å². The summed E-state index contributed by atoms with van der Waals surface area (Å²) in [5, 5.41) is 10.5. The summed E-state index contributed by atoms with van der Waals surface area (Å²) < 4.78 is 18.6. The second kappa shape index (κ2) is 6.99. The number of likely N-dealkylation sites (N-methyl/N-ethyl adjacent to an activating group) is 1. The topological polar surface area (TPSA) is 72.7 Å². The summed E-state index contributed by atoms with van der Waals surface area (Å²) in [4.78, 5) is 23.8. The summed E-state index contributed by atoms with van der Waals surface area (Å²) in [5.41, 5.74) is 0. The minimum atomic E-state index is -0.539. The van der Waals surface area contributed by atoms with Gasteiger partial charge in [-0.2, -0.15) is 0 Å². The minimum Gasteiger partial charge on any atom is -0.489 e. The van der Waals surface area contributed by atoms with Crippen molar-refractivity contribution < 1.29 is 18.8 Å². The van der Waals surface area contributed by atoms with Crippen LogP contribution in [0, 0.1) is 15.9 Å². The molecule has 1 aromatic carbocycles. The maximum atomic E-state index is 13.3. The molecule has 1 amide bonds. The highest BCUT2D eigenvalue weighted by Crippen LogP contribution is 2.24. The second-order valence-electron chi connectivity index (χ2n) is 4.40. The fraction of sp³-hybridized carbons (Fsp3) is 0.214. The number of nitrogens with zero attached hydrogens (tertiary/aromatic N) is 2. The lowest BCUT2D eigenvalue weighted by molar-refractivity contribution is -0.380. The van der Waals surface area contributed by atoms with Crippen LogP contribution in [0.5, 0.6) is 5.75 Å². The summed E-state index contributed by atoms with van der Waals surface area (Å²) in [6, 6.07) is 8.70. The smallest absolute Gasteiger partial charge is 0.324 e. The van der Waals surface area contributed by atoms with Crippen LogP contribution in [-0.2, 0) is 0 Å². The molecule has 0 saturated carbocycles. The van der Waals surface area contributed by atoms with E-state index in [9.17, 15) is 19.3 Å². The van der Waals surface area contributed by atoms with E-state index in [1.807, 2.05) is 0 Å². The predicted molar refractivity (Wildman–Crippen MR) is 79.8 cm³/mol. The Labute approximate surface area is 129 Å². The Morgan fingerprint density at radius 3 is 2.73 bits per heavy atom. The average molecular weight is 324 g/mol. The van der Waals surface area contributed by atoms with Gasteiger partial charge in [-0.25, -0.2) is 4.39 Å². The van der Waals surface area contributed by atoms with E-state index in [0.717, 1.165) is 11.3 Å². The maximum Gasteiger partial charge on any atom is 0.324 e. The van der Waals surface area contributed by atoms with E-state index in [2.05, 4.69) is 0 Å². The number of hydrogen-bond donors (Lipinski definition) is 0. The van der Waals surface area contributed by atoms with E-state index >= 15 is 0 Å². The molecule has 0 saturated heterocycles. The van der Waals surface area contributed by atoms with Gasteiger partial charge in [0.1, 0.15) is 6.61 Å². The lowest BCUT2D eigenvalue weighted by Gasteiger charge is -2.16. The van der Waals surface area contributed by atoms with Crippen molar-refractivity contribution in [3.63, 3.8) is 0 Å². The molecule has 6 nitrogen and oxygen atoms in total. The third-order valence-electron chi connectivity index (χ3n) is 2.85. The zero-order valence-electron chi connectivity index (χ0n) is 11.7. The summed E-state index contributed by atoms with van der Waals surface area (Å²) in [7, 11) is 1.55. The number of amides is 1. The molecule has 22 heavy (non-hydrogen) atoms. The van der Waals surface area contributed by atoms with Gasteiger partial charge in [0, 0.05) is 13.1 Å². The van der Waals surface area contributed by atoms with Crippen molar-refractivity contribution in [2.75, 3.05) is 20.2 Å². The van der Waals surface area contributed by atoms with Crippen molar-refractivity contribution in [2.24, 2.45) is 0 Å². The van der Waals surface area contributed by atoms with Gasteiger partial charge in [0.15, 0.2) is 11.6 Å². The van der Waals surface area contributed by atoms with Gasteiger partial charge in [-0.05, 0) is 18.2 Å². The fourth-order valence-electron chi connectivity index (χ4n) is 1.68. The van der Waals surface area contributed by atoms with Crippen LogP contribution in [0.1, 0.15) is 9.67 Å². The molecule has 0 spiro atoms. The van der Waals surface area contributed by atoms with Crippen molar-refractivity contribution in [1.29, 1.82) is 0 Å². The number of halogens is 1.